The second kappa shape index (κ2) is 9.28. The smallest absolute Gasteiger partial charge is 0.224 e. The van der Waals surface area contributed by atoms with Crippen molar-refractivity contribution in [3.05, 3.63) is 65.5 Å². The average Bonchev–Trinajstić information content (AvgIpc) is 3.13. The van der Waals surface area contributed by atoms with Crippen LogP contribution in [0.4, 0.5) is 5.69 Å². The topological polar surface area (TPSA) is 87.7 Å². The molecule has 0 bridgehead atoms. The molecule has 1 heterocycles. The quantitative estimate of drug-likeness (QED) is 0.551. The zero-order valence-corrected chi connectivity index (χ0v) is 17.0. The van der Waals surface area contributed by atoms with Gasteiger partial charge in [0.1, 0.15) is 5.82 Å². The van der Waals surface area contributed by atoms with Crippen molar-refractivity contribution in [3.63, 3.8) is 0 Å². The maximum absolute atomic E-state index is 12.3. The predicted octanol–water partition coefficient (Wildman–Crippen LogP) is 4.58. The molecule has 3 aromatic rings. The highest BCUT2D eigenvalue weighted by Gasteiger charge is 2.11. The number of aromatic nitrogens is 3. The molecule has 2 N–H and O–H groups in total. The molecule has 0 saturated heterocycles. The molecule has 0 saturated carbocycles. The lowest BCUT2D eigenvalue weighted by Gasteiger charge is -2.07. The standard InChI is InChI=1S/C23H26N4O2/c1-15(2)14-17-4-6-18(7-5-17)21(28)12-13-22(29)25-20-10-8-19(9-11-20)23-24-16(3)26-27-23/h4-11,15H,12-14H2,1-3H3,(H,25,29)(H,24,26,27). The number of aromatic amines is 1. The van der Waals surface area contributed by atoms with Gasteiger partial charge in [0.15, 0.2) is 11.6 Å². The van der Waals surface area contributed by atoms with E-state index in [4.69, 9.17) is 0 Å². The van der Waals surface area contributed by atoms with E-state index in [1.807, 2.05) is 43.3 Å². The molecule has 0 radical (unpaired) electrons. The zero-order chi connectivity index (χ0) is 20.8. The number of H-pyrrole nitrogens is 1. The molecule has 0 aliphatic rings. The fourth-order valence-corrected chi connectivity index (χ4v) is 3.07. The third-order valence-electron chi connectivity index (χ3n) is 4.52. The molecule has 0 aliphatic heterocycles. The second-order valence-corrected chi connectivity index (χ2v) is 7.59. The average molecular weight is 390 g/mol. The monoisotopic (exact) mass is 390 g/mol. The molecule has 0 aliphatic carbocycles. The number of benzene rings is 2. The largest absolute Gasteiger partial charge is 0.326 e. The number of hydrogen-bond acceptors (Lipinski definition) is 4. The lowest BCUT2D eigenvalue weighted by Crippen LogP contribution is -2.13. The molecule has 150 valence electrons. The van der Waals surface area contributed by atoms with Crippen LogP contribution in [0.3, 0.4) is 0 Å². The lowest BCUT2D eigenvalue weighted by molar-refractivity contribution is -0.116. The molecule has 0 unspecified atom stereocenters. The Morgan fingerprint density at radius 2 is 1.69 bits per heavy atom. The molecule has 0 fully saturated rings. The van der Waals surface area contributed by atoms with E-state index in [0.29, 0.717) is 23.0 Å². The first-order chi connectivity index (χ1) is 13.9. The summed E-state index contributed by atoms with van der Waals surface area (Å²) >= 11 is 0. The van der Waals surface area contributed by atoms with Gasteiger partial charge in [-0.2, -0.15) is 5.10 Å². The SMILES string of the molecule is Cc1nc(-c2ccc(NC(=O)CCC(=O)c3ccc(CC(C)C)cc3)cc2)n[nH]1. The Balaban J connectivity index is 1.49. The first-order valence-electron chi connectivity index (χ1n) is 9.82. The van der Waals surface area contributed by atoms with Crippen LogP contribution in [0.2, 0.25) is 0 Å². The highest BCUT2D eigenvalue weighted by Crippen LogP contribution is 2.18. The molecule has 6 nitrogen and oxygen atoms in total. The third kappa shape index (κ3) is 5.85. The Kier molecular flexibility index (Phi) is 6.54. The van der Waals surface area contributed by atoms with Crippen molar-refractivity contribution in [2.75, 3.05) is 5.32 Å². The summed E-state index contributed by atoms with van der Waals surface area (Å²) in [7, 11) is 0. The van der Waals surface area contributed by atoms with Crippen molar-refractivity contribution >= 4 is 17.4 Å². The van der Waals surface area contributed by atoms with Gasteiger partial charge in [0.2, 0.25) is 5.91 Å². The highest BCUT2D eigenvalue weighted by molar-refractivity contribution is 6.00. The van der Waals surface area contributed by atoms with Gasteiger partial charge in [-0.3, -0.25) is 14.7 Å². The van der Waals surface area contributed by atoms with Crippen LogP contribution >= 0.6 is 0 Å². The fourth-order valence-electron chi connectivity index (χ4n) is 3.07. The van der Waals surface area contributed by atoms with Crippen LogP contribution in [0.1, 0.15) is 48.4 Å². The maximum atomic E-state index is 12.3. The zero-order valence-electron chi connectivity index (χ0n) is 17.0. The maximum Gasteiger partial charge on any atom is 0.224 e. The Morgan fingerprint density at radius 1 is 1.00 bits per heavy atom. The minimum atomic E-state index is -0.184. The summed E-state index contributed by atoms with van der Waals surface area (Å²) in [5, 5.41) is 9.74. The summed E-state index contributed by atoms with van der Waals surface area (Å²) in [6.45, 7) is 6.17. The molecule has 0 atom stereocenters. The van der Waals surface area contributed by atoms with Crippen LogP contribution in [-0.4, -0.2) is 26.9 Å². The number of amides is 1. The number of Topliss-reactive ketones (excluding diaryl/α,β-unsaturated/α-hetero) is 1. The summed E-state index contributed by atoms with van der Waals surface area (Å²) in [6.07, 6.45) is 1.32. The van der Waals surface area contributed by atoms with Gasteiger partial charge in [-0.05, 0) is 49.1 Å². The number of hydrogen-bond donors (Lipinski definition) is 2. The number of carbonyl (C=O) groups excluding carboxylic acids is 2. The molecule has 1 aromatic heterocycles. The van der Waals surface area contributed by atoms with Gasteiger partial charge in [0.05, 0.1) is 0 Å². The molecule has 2 aromatic carbocycles. The van der Waals surface area contributed by atoms with Crippen molar-refractivity contribution in [3.8, 4) is 11.4 Å². The second-order valence-electron chi connectivity index (χ2n) is 7.59. The number of anilines is 1. The van der Waals surface area contributed by atoms with E-state index in [9.17, 15) is 9.59 Å². The minimum absolute atomic E-state index is 0.0217. The van der Waals surface area contributed by atoms with E-state index in [0.717, 1.165) is 17.8 Å². The summed E-state index contributed by atoms with van der Waals surface area (Å²) < 4.78 is 0. The Bertz CT molecular complexity index is 973. The molecule has 6 heteroatoms. The lowest BCUT2D eigenvalue weighted by atomic mass is 9.99. The first kappa shape index (κ1) is 20.5. The van der Waals surface area contributed by atoms with Crippen LogP contribution in [-0.2, 0) is 11.2 Å². The van der Waals surface area contributed by atoms with E-state index in [2.05, 4.69) is 34.3 Å². The number of nitrogens with zero attached hydrogens (tertiary/aromatic N) is 2. The number of rotatable bonds is 8. The summed E-state index contributed by atoms with van der Waals surface area (Å²) in [4.78, 5) is 28.8. The highest BCUT2D eigenvalue weighted by atomic mass is 16.2. The van der Waals surface area contributed by atoms with Gasteiger partial charge < -0.3 is 5.32 Å². The molecular formula is C23H26N4O2. The van der Waals surface area contributed by atoms with Crippen LogP contribution in [0, 0.1) is 12.8 Å². The Labute approximate surface area is 170 Å². The third-order valence-corrected chi connectivity index (χ3v) is 4.52. The summed E-state index contributed by atoms with van der Waals surface area (Å²) in [5.74, 6) is 1.74. The molecule has 3 rings (SSSR count). The number of carbonyl (C=O) groups is 2. The van der Waals surface area contributed by atoms with Crippen molar-refractivity contribution in [2.24, 2.45) is 5.92 Å². The van der Waals surface area contributed by atoms with Gasteiger partial charge in [0.25, 0.3) is 0 Å². The van der Waals surface area contributed by atoms with E-state index in [-0.39, 0.29) is 24.5 Å². The summed E-state index contributed by atoms with van der Waals surface area (Å²) in [5.41, 5.74) is 3.41. The van der Waals surface area contributed by atoms with Crippen LogP contribution in [0.25, 0.3) is 11.4 Å². The van der Waals surface area contributed by atoms with E-state index >= 15 is 0 Å². The molecule has 0 spiro atoms. The van der Waals surface area contributed by atoms with Crippen LogP contribution in [0.15, 0.2) is 48.5 Å². The number of nitrogens with one attached hydrogen (secondary N) is 2. The van der Waals surface area contributed by atoms with E-state index < -0.39 is 0 Å². The normalized spacial score (nSPS) is 10.9. The molecule has 29 heavy (non-hydrogen) atoms. The van der Waals surface area contributed by atoms with Gasteiger partial charge in [-0.15, -0.1) is 0 Å². The Morgan fingerprint density at radius 3 is 2.28 bits per heavy atom. The van der Waals surface area contributed by atoms with Gasteiger partial charge in [0, 0.05) is 29.7 Å². The van der Waals surface area contributed by atoms with E-state index in [1.165, 1.54) is 5.56 Å². The number of ketones is 1. The van der Waals surface area contributed by atoms with Crippen LogP contribution < -0.4 is 5.32 Å². The number of aryl methyl sites for hydroxylation is 1. The predicted molar refractivity (Wildman–Crippen MR) is 114 cm³/mol. The van der Waals surface area contributed by atoms with Crippen LogP contribution in [0.5, 0.6) is 0 Å². The summed E-state index contributed by atoms with van der Waals surface area (Å²) in [6, 6.07) is 15.0. The van der Waals surface area contributed by atoms with Gasteiger partial charge in [-0.1, -0.05) is 38.1 Å². The molecular weight excluding hydrogens is 364 g/mol. The van der Waals surface area contributed by atoms with Crippen molar-refractivity contribution in [1.29, 1.82) is 0 Å². The van der Waals surface area contributed by atoms with Crippen molar-refractivity contribution in [1.82, 2.24) is 15.2 Å². The van der Waals surface area contributed by atoms with Crippen molar-refractivity contribution in [2.45, 2.75) is 40.0 Å². The fraction of sp³-hybridized carbons (Fsp3) is 0.304. The van der Waals surface area contributed by atoms with Gasteiger partial charge in [-0.25, -0.2) is 4.98 Å². The van der Waals surface area contributed by atoms with E-state index in [1.54, 1.807) is 12.1 Å². The van der Waals surface area contributed by atoms with Gasteiger partial charge >= 0.3 is 0 Å². The van der Waals surface area contributed by atoms with Crippen molar-refractivity contribution < 1.29 is 9.59 Å². The minimum Gasteiger partial charge on any atom is -0.326 e. The Hall–Kier alpha value is -3.28. The molecule has 1 amide bonds. The first-order valence-corrected chi connectivity index (χ1v) is 9.82.